The standard InChI is InChI=1S/C27H33N3O4/c1-4-34-27(33)21(14-19-10-6-5-7-11-19)17-29-26(32)24(30-25(31)18(2)3)15-20-16-28-23-13-9-8-12-22(20)23/h5-13,16,18,21,24,28H,4,14-15,17H2,1-3H3,(H,29,32)(H,30,31). The van der Waals surface area contributed by atoms with Crippen LogP contribution >= 0.6 is 0 Å². The fourth-order valence-electron chi connectivity index (χ4n) is 3.81. The van der Waals surface area contributed by atoms with E-state index < -0.39 is 12.0 Å². The van der Waals surface area contributed by atoms with E-state index in [1.54, 1.807) is 20.8 Å². The lowest BCUT2D eigenvalue weighted by molar-refractivity contribution is -0.148. The van der Waals surface area contributed by atoms with Gasteiger partial charge in [-0.3, -0.25) is 14.4 Å². The van der Waals surface area contributed by atoms with Gasteiger partial charge >= 0.3 is 5.97 Å². The minimum absolute atomic E-state index is 0.120. The van der Waals surface area contributed by atoms with Crippen molar-refractivity contribution in [3.05, 3.63) is 71.9 Å². The number of benzene rings is 2. The molecular formula is C27H33N3O4. The van der Waals surface area contributed by atoms with E-state index in [4.69, 9.17) is 4.74 Å². The van der Waals surface area contributed by atoms with Crippen LogP contribution in [0, 0.1) is 11.8 Å². The van der Waals surface area contributed by atoms with E-state index in [1.165, 1.54) is 0 Å². The minimum Gasteiger partial charge on any atom is -0.466 e. The molecule has 2 atom stereocenters. The van der Waals surface area contributed by atoms with Crippen LogP contribution in [0.1, 0.15) is 31.9 Å². The molecule has 3 aromatic rings. The average Bonchev–Trinajstić information content (AvgIpc) is 3.24. The Balaban J connectivity index is 1.74. The quantitative estimate of drug-likeness (QED) is 0.380. The van der Waals surface area contributed by atoms with Crippen molar-refractivity contribution in [2.45, 2.75) is 39.7 Å². The number of aromatic nitrogens is 1. The van der Waals surface area contributed by atoms with Gasteiger partial charge in [0.15, 0.2) is 0 Å². The molecule has 0 bridgehead atoms. The van der Waals surface area contributed by atoms with Gasteiger partial charge in [0.1, 0.15) is 6.04 Å². The van der Waals surface area contributed by atoms with Crippen molar-refractivity contribution < 1.29 is 19.1 Å². The van der Waals surface area contributed by atoms with Crippen molar-refractivity contribution in [1.82, 2.24) is 15.6 Å². The predicted molar refractivity (Wildman–Crippen MR) is 132 cm³/mol. The molecule has 2 unspecified atom stereocenters. The zero-order valence-electron chi connectivity index (χ0n) is 20.0. The number of aromatic amines is 1. The highest BCUT2D eigenvalue weighted by molar-refractivity contribution is 5.90. The molecule has 0 aliphatic carbocycles. The first-order chi connectivity index (χ1) is 16.4. The van der Waals surface area contributed by atoms with Gasteiger partial charge in [-0.15, -0.1) is 0 Å². The van der Waals surface area contributed by atoms with Crippen LogP contribution in [0.15, 0.2) is 60.8 Å². The third-order valence-electron chi connectivity index (χ3n) is 5.72. The molecule has 180 valence electrons. The SMILES string of the molecule is CCOC(=O)C(CNC(=O)C(Cc1c[nH]c2ccccc12)NC(=O)C(C)C)Cc1ccccc1. The van der Waals surface area contributed by atoms with Crippen LogP contribution in [0.2, 0.25) is 0 Å². The molecule has 0 aliphatic heterocycles. The highest BCUT2D eigenvalue weighted by Gasteiger charge is 2.26. The van der Waals surface area contributed by atoms with Crippen LogP contribution in [0.3, 0.4) is 0 Å². The lowest BCUT2D eigenvalue weighted by atomic mass is 9.98. The van der Waals surface area contributed by atoms with Gasteiger partial charge < -0.3 is 20.4 Å². The smallest absolute Gasteiger partial charge is 0.311 e. The van der Waals surface area contributed by atoms with E-state index in [0.717, 1.165) is 22.0 Å². The molecule has 7 heteroatoms. The molecule has 2 aromatic carbocycles. The summed E-state index contributed by atoms with van der Waals surface area (Å²) in [5.74, 6) is -1.68. The summed E-state index contributed by atoms with van der Waals surface area (Å²) in [5.41, 5.74) is 2.89. The van der Waals surface area contributed by atoms with Gasteiger partial charge in [0, 0.05) is 36.0 Å². The maximum atomic E-state index is 13.2. The lowest BCUT2D eigenvalue weighted by Gasteiger charge is -2.22. The summed E-state index contributed by atoms with van der Waals surface area (Å²) >= 11 is 0. The first-order valence-electron chi connectivity index (χ1n) is 11.7. The van der Waals surface area contributed by atoms with Gasteiger partial charge in [0.25, 0.3) is 0 Å². The van der Waals surface area contributed by atoms with Crippen LogP contribution in [0.4, 0.5) is 0 Å². The third kappa shape index (κ3) is 6.70. The summed E-state index contributed by atoms with van der Waals surface area (Å²) in [5, 5.41) is 6.76. The number of fused-ring (bicyclic) bond motifs is 1. The van der Waals surface area contributed by atoms with E-state index in [-0.39, 0.29) is 36.9 Å². The Morgan fingerprint density at radius 2 is 1.65 bits per heavy atom. The van der Waals surface area contributed by atoms with Crippen LogP contribution in [0.5, 0.6) is 0 Å². The summed E-state index contributed by atoms with van der Waals surface area (Å²) in [4.78, 5) is 41.4. The number of carbonyl (C=O) groups excluding carboxylic acids is 3. The van der Waals surface area contributed by atoms with Crippen LogP contribution in [0.25, 0.3) is 10.9 Å². The van der Waals surface area contributed by atoms with Gasteiger partial charge in [0.2, 0.25) is 11.8 Å². The summed E-state index contributed by atoms with van der Waals surface area (Å²) in [7, 11) is 0. The van der Waals surface area contributed by atoms with Crippen molar-refractivity contribution >= 4 is 28.7 Å². The molecule has 0 spiro atoms. The number of para-hydroxylation sites is 1. The zero-order valence-corrected chi connectivity index (χ0v) is 20.0. The van der Waals surface area contributed by atoms with Gasteiger partial charge in [-0.05, 0) is 30.5 Å². The molecular weight excluding hydrogens is 430 g/mol. The lowest BCUT2D eigenvalue weighted by Crippen LogP contribution is -2.50. The summed E-state index contributed by atoms with van der Waals surface area (Å²) in [6, 6.07) is 16.7. The van der Waals surface area contributed by atoms with Gasteiger partial charge in [-0.2, -0.15) is 0 Å². The molecule has 7 nitrogen and oxygen atoms in total. The molecule has 0 aliphatic rings. The Morgan fingerprint density at radius 3 is 2.35 bits per heavy atom. The van der Waals surface area contributed by atoms with Crippen LogP contribution in [-0.2, 0) is 32.0 Å². The molecule has 3 N–H and O–H groups in total. The molecule has 1 heterocycles. The average molecular weight is 464 g/mol. The van der Waals surface area contributed by atoms with E-state index >= 15 is 0 Å². The molecule has 1 aromatic heterocycles. The Kier molecular flexibility index (Phi) is 8.85. The Bertz CT molecular complexity index is 1110. The minimum atomic E-state index is -0.770. The van der Waals surface area contributed by atoms with E-state index in [9.17, 15) is 14.4 Å². The number of nitrogens with one attached hydrogen (secondary N) is 3. The van der Waals surface area contributed by atoms with Crippen molar-refractivity contribution in [3.63, 3.8) is 0 Å². The van der Waals surface area contributed by atoms with Crippen molar-refractivity contribution in [2.24, 2.45) is 11.8 Å². The number of esters is 1. The number of carbonyl (C=O) groups is 3. The number of amides is 2. The number of hydrogen-bond acceptors (Lipinski definition) is 4. The first kappa shape index (κ1) is 25.0. The maximum Gasteiger partial charge on any atom is 0.311 e. The number of ether oxygens (including phenoxy) is 1. The van der Waals surface area contributed by atoms with Crippen molar-refractivity contribution in [3.8, 4) is 0 Å². The van der Waals surface area contributed by atoms with Crippen molar-refractivity contribution in [1.29, 1.82) is 0 Å². The fraction of sp³-hybridized carbons (Fsp3) is 0.370. The maximum absolute atomic E-state index is 13.2. The van der Waals surface area contributed by atoms with Crippen LogP contribution in [-0.4, -0.2) is 42.0 Å². The molecule has 3 rings (SSSR count). The second kappa shape index (κ2) is 12.0. The third-order valence-corrected chi connectivity index (χ3v) is 5.72. The largest absolute Gasteiger partial charge is 0.466 e. The number of hydrogen-bond donors (Lipinski definition) is 3. The topological polar surface area (TPSA) is 100 Å². The number of rotatable bonds is 11. The van der Waals surface area contributed by atoms with E-state index in [1.807, 2.05) is 60.8 Å². The van der Waals surface area contributed by atoms with E-state index in [0.29, 0.717) is 12.8 Å². The Labute approximate surface area is 200 Å². The molecule has 0 saturated heterocycles. The second-order valence-corrected chi connectivity index (χ2v) is 8.66. The molecule has 0 radical (unpaired) electrons. The fourth-order valence-corrected chi connectivity index (χ4v) is 3.81. The highest BCUT2D eigenvalue weighted by Crippen LogP contribution is 2.19. The molecule has 34 heavy (non-hydrogen) atoms. The molecule has 0 saturated carbocycles. The van der Waals surface area contributed by atoms with Crippen LogP contribution < -0.4 is 10.6 Å². The molecule has 2 amide bonds. The van der Waals surface area contributed by atoms with Gasteiger partial charge in [-0.25, -0.2) is 0 Å². The predicted octanol–water partition coefficient (Wildman–Crippen LogP) is 3.39. The van der Waals surface area contributed by atoms with Crippen molar-refractivity contribution in [2.75, 3.05) is 13.2 Å². The Morgan fingerprint density at radius 1 is 0.941 bits per heavy atom. The summed E-state index contributed by atoms with van der Waals surface area (Å²) < 4.78 is 5.23. The highest BCUT2D eigenvalue weighted by atomic mass is 16.5. The van der Waals surface area contributed by atoms with E-state index in [2.05, 4.69) is 15.6 Å². The van der Waals surface area contributed by atoms with Gasteiger partial charge in [0.05, 0.1) is 12.5 Å². The van der Waals surface area contributed by atoms with Gasteiger partial charge in [-0.1, -0.05) is 62.4 Å². The summed E-state index contributed by atoms with van der Waals surface area (Å²) in [6.45, 7) is 5.72. The first-order valence-corrected chi connectivity index (χ1v) is 11.7. The molecule has 0 fully saturated rings. The monoisotopic (exact) mass is 463 g/mol. The summed E-state index contributed by atoms with van der Waals surface area (Å²) in [6.07, 6.45) is 2.64. The normalized spacial score (nSPS) is 12.8. The second-order valence-electron chi connectivity index (χ2n) is 8.66. The zero-order chi connectivity index (χ0) is 24.5. The Hall–Kier alpha value is -3.61. The number of H-pyrrole nitrogens is 1.